The summed E-state index contributed by atoms with van der Waals surface area (Å²) in [4.78, 5) is 11.9. The predicted octanol–water partition coefficient (Wildman–Crippen LogP) is 1.22. The highest BCUT2D eigenvalue weighted by Crippen LogP contribution is 2.18. The van der Waals surface area contributed by atoms with E-state index in [1.54, 1.807) is 0 Å². The van der Waals surface area contributed by atoms with E-state index in [1.807, 2.05) is 30.3 Å². The molecule has 8 heteroatoms. The van der Waals surface area contributed by atoms with Crippen LogP contribution in [0.3, 0.4) is 0 Å². The molecule has 1 aromatic carbocycles. The predicted molar refractivity (Wildman–Crippen MR) is 87.8 cm³/mol. The Hall–Kier alpha value is -2.22. The van der Waals surface area contributed by atoms with Crippen LogP contribution < -0.4 is 5.32 Å². The second kappa shape index (κ2) is 7.12. The Morgan fingerprint density at radius 3 is 2.75 bits per heavy atom. The molecule has 1 atom stereocenters. The summed E-state index contributed by atoms with van der Waals surface area (Å²) >= 11 is 0. The van der Waals surface area contributed by atoms with E-state index in [2.05, 4.69) is 15.5 Å². The zero-order valence-electron chi connectivity index (χ0n) is 13.1. The molecule has 0 aliphatic carbocycles. The molecule has 1 aromatic heterocycles. The van der Waals surface area contributed by atoms with Crippen LogP contribution in [0.2, 0.25) is 0 Å². The number of amides is 1. The van der Waals surface area contributed by atoms with E-state index < -0.39 is 9.84 Å². The maximum Gasteiger partial charge on any atom is 0.247 e. The van der Waals surface area contributed by atoms with Crippen LogP contribution in [-0.2, 0) is 21.1 Å². The fourth-order valence-corrected chi connectivity index (χ4v) is 4.51. The molecular formula is C16H19N3O4S. The maximum absolute atomic E-state index is 11.9. The van der Waals surface area contributed by atoms with Gasteiger partial charge in [-0.1, -0.05) is 18.2 Å². The van der Waals surface area contributed by atoms with Crippen molar-refractivity contribution in [1.29, 1.82) is 0 Å². The van der Waals surface area contributed by atoms with Crippen molar-refractivity contribution in [3.05, 3.63) is 36.2 Å². The van der Waals surface area contributed by atoms with Gasteiger partial charge in [-0.25, -0.2) is 8.42 Å². The Labute approximate surface area is 140 Å². The summed E-state index contributed by atoms with van der Waals surface area (Å²) in [7, 11) is -2.91. The van der Waals surface area contributed by atoms with E-state index in [0.29, 0.717) is 31.2 Å². The molecule has 2 heterocycles. The number of nitrogens with zero attached hydrogens (tertiary/aromatic N) is 2. The third kappa shape index (κ3) is 4.41. The van der Waals surface area contributed by atoms with Crippen molar-refractivity contribution in [2.45, 2.75) is 19.3 Å². The summed E-state index contributed by atoms with van der Waals surface area (Å²) < 4.78 is 28.3. The lowest BCUT2D eigenvalue weighted by atomic mass is 10.1. The van der Waals surface area contributed by atoms with Crippen molar-refractivity contribution in [2.24, 2.45) is 5.92 Å². The first-order valence-corrected chi connectivity index (χ1v) is 9.69. The topological polar surface area (TPSA) is 102 Å². The number of aryl methyl sites for hydroxylation is 1. The van der Waals surface area contributed by atoms with Crippen molar-refractivity contribution in [1.82, 2.24) is 15.5 Å². The molecule has 3 rings (SSSR count). The quantitative estimate of drug-likeness (QED) is 0.841. The standard InChI is InChI=1S/C16H19N3O4S/c20-14(17-10-12-8-9-24(21,22)11-12)6-7-15-18-19-16(23-15)13-4-2-1-3-5-13/h1-5,12H,6-11H2,(H,17,20)/t12-/m0/s1. The van der Waals surface area contributed by atoms with Crippen LogP contribution in [-0.4, -0.2) is 42.6 Å². The van der Waals surface area contributed by atoms with Gasteiger partial charge in [0.05, 0.1) is 11.5 Å². The Morgan fingerprint density at radius 2 is 2.04 bits per heavy atom. The molecule has 1 amide bonds. The summed E-state index contributed by atoms with van der Waals surface area (Å²) in [5.74, 6) is 1.11. The smallest absolute Gasteiger partial charge is 0.247 e. The van der Waals surface area contributed by atoms with Gasteiger partial charge in [0.2, 0.25) is 17.7 Å². The zero-order chi connectivity index (χ0) is 17.0. The number of hydrogen-bond donors (Lipinski definition) is 1. The second-order valence-electron chi connectivity index (χ2n) is 5.94. The first kappa shape index (κ1) is 16.6. The van der Waals surface area contributed by atoms with Gasteiger partial charge < -0.3 is 9.73 Å². The fraction of sp³-hybridized carbons (Fsp3) is 0.438. The molecule has 0 bridgehead atoms. The van der Waals surface area contributed by atoms with Crippen molar-refractivity contribution < 1.29 is 17.6 Å². The highest BCUT2D eigenvalue weighted by Gasteiger charge is 2.27. The summed E-state index contributed by atoms with van der Waals surface area (Å²) in [6, 6.07) is 9.42. The molecule has 128 valence electrons. The Morgan fingerprint density at radius 1 is 1.25 bits per heavy atom. The third-order valence-electron chi connectivity index (χ3n) is 3.97. The monoisotopic (exact) mass is 349 g/mol. The summed E-state index contributed by atoms with van der Waals surface area (Å²) in [6.45, 7) is 0.400. The van der Waals surface area contributed by atoms with Gasteiger partial charge >= 0.3 is 0 Å². The Bertz CT molecular complexity index is 802. The van der Waals surface area contributed by atoms with Crippen LogP contribution in [0.4, 0.5) is 0 Å². The van der Waals surface area contributed by atoms with E-state index in [9.17, 15) is 13.2 Å². The number of sulfone groups is 1. The van der Waals surface area contributed by atoms with Gasteiger partial charge in [0.1, 0.15) is 0 Å². The number of carbonyl (C=O) groups is 1. The zero-order valence-corrected chi connectivity index (χ0v) is 14.0. The number of benzene rings is 1. The minimum absolute atomic E-state index is 0.0204. The van der Waals surface area contributed by atoms with E-state index in [1.165, 1.54) is 0 Å². The molecule has 0 saturated carbocycles. The normalized spacial score (nSPS) is 19.2. The van der Waals surface area contributed by atoms with Crippen LogP contribution in [0.5, 0.6) is 0 Å². The minimum Gasteiger partial charge on any atom is -0.421 e. The van der Waals surface area contributed by atoms with Crippen molar-refractivity contribution in [3.8, 4) is 11.5 Å². The highest BCUT2D eigenvalue weighted by atomic mass is 32.2. The molecule has 0 spiro atoms. The van der Waals surface area contributed by atoms with Gasteiger partial charge in [-0.05, 0) is 24.5 Å². The average Bonchev–Trinajstić information content (AvgIpc) is 3.18. The molecule has 2 aromatic rings. The largest absolute Gasteiger partial charge is 0.421 e. The number of hydrogen-bond acceptors (Lipinski definition) is 6. The number of nitrogens with one attached hydrogen (secondary N) is 1. The number of carbonyl (C=O) groups excluding carboxylic acids is 1. The van der Waals surface area contributed by atoms with Crippen LogP contribution in [0.25, 0.3) is 11.5 Å². The summed E-state index contributed by atoms with van der Waals surface area (Å²) in [5, 5.41) is 10.7. The summed E-state index contributed by atoms with van der Waals surface area (Å²) in [6.07, 6.45) is 1.21. The molecule has 1 fully saturated rings. The van der Waals surface area contributed by atoms with Crippen LogP contribution in [0, 0.1) is 5.92 Å². The van der Waals surface area contributed by atoms with Gasteiger partial charge in [-0.15, -0.1) is 10.2 Å². The average molecular weight is 349 g/mol. The molecule has 1 N–H and O–H groups in total. The van der Waals surface area contributed by atoms with Gasteiger partial charge in [0.15, 0.2) is 9.84 Å². The van der Waals surface area contributed by atoms with E-state index >= 15 is 0 Å². The third-order valence-corrected chi connectivity index (χ3v) is 5.81. The van der Waals surface area contributed by atoms with Gasteiger partial charge in [-0.2, -0.15) is 0 Å². The first-order chi connectivity index (χ1) is 11.5. The second-order valence-corrected chi connectivity index (χ2v) is 8.17. The van der Waals surface area contributed by atoms with Crippen molar-refractivity contribution in [2.75, 3.05) is 18.1 Å². The molecule has 1 aliphatic rings. The minimum atomic E-state index is -2.91. The SMILES string of the molecule is O=C(CCc1nnc(-c2ccccc2)o1)NC[C@@H]1CCS(=O)(=O)C1. The van der Waals surface area contributed by atoms with E-state index in [0.717, 1.165) is 5.56 Å². The lowest BCUT2D eigenvalue weighted by Gasteiger charge is -2.08. The van der Waals surface area contributed by atoms with Crippen LogP contribution in [0.15, 0.2) is 34.7 Å². The molecule has 1 aliphatic heterocycles. The van der Waals surface area contributed by atoms with E-state index in [-0.39, 0.29) is 29.8 Å². The van der Waals surface area contributed by atoms with E-state index in [4.69, 9.17) is 4.42 Å². The van der Waals surface area contributed by atoms with Gasteiger partial charge in [0.25, 0.3) is 0 Å². The Balaban J connectivity index is 1.44. The van der Waals surface area contributed by atoms with Crippen molar-refractivity contribution in [3.63, 3.8) is 0 Å². The summed E-state index contributed by atoms with van der Waals surface area (Å²) in [5.41, 5.74) is 0.836. The molecular weight excluding hydrogens is 330 g/mol. The fourth-order valence-electron chi connectivity index (χ4n) is 2.65. The molecule has 1 saturated heterocycles. The molecule has 7 nitrogen and oxygen atoms in total. The molecule has 0 unspecified atom stereocenters. The highest BCUT2D eigenvalue weighted by molar-refractivity contribution is 7.91. The maximum atomic E-state index is 11.9. The number of aromatic nitrogens is 2. The van der Waals surface area contributed by atoms with Gasteiger partial charge in [0, 0.05) is 24.9 Å². The van der Waals surface area contributed by atoms with Crippen LogP contribution >= 0.6 is 0 Å². The Kier molecular flexibility index (Phi) is 4.94. The van der Waals surface area contributed by atoms with Gasteiger partial charge in [-0.3, -0.25) is 4.79 Å². The lowest BCUT2D eigenvalue weighted by molar-refractivity contribution is -0.121. The molecule has 0 radical (unpaired) electrons. The molecule has 24 heavy (non-hydrogen) atoms. The van der Waals surface area contributed by atoms with Crippen molar-refractivity contribution >= 4 is 15.7 Å². The first-order valence-electron chi connectivity index (χ1n) is 7.87. The number of rotatable bonds is 6. The van der Waals surface area contributed by atoms with Crippen LogP contribution in [0.1, 0.15) is 18.7 Å². The lowest BCUT2D eigenvalue weighted by Crippen LogP contribution is -2.30.